The third-order valence-corrected chi connectivity index (χ3v) is 3.27. The van der Waals surface area contributed by atoms with Crippen LogP contribution in [-0.4, -0.2) is 25.1 Å². The summed E-state index contributed by atoms with van der Waals surface area (Å²) in [6, 6.07) is 16.1. The fourth-order valence-electron chi connectivity index (χ4n) is 1.96. The quantitative estimate of drug-likeness (QED) is 0.833. The highest BCUT2D eigenvalue weighted by molar-refractivity contribution is 5.92. The van der Waals surface area contributed by atoms with Crippen molar-refractivity contribution in [1.82, 2.24) is 5.32 Å². The van der Waals surface area contributed by atoms with Crippen LogP contribution in [0.5, 0.6) is 5.75 Å². The second-order valence-corrected chi connectivity index (χ2v) is 4.98. The van der Waals surface area contributed by atoms with Crippen molar-refractivity contribution in [2.45, 2.75) is 19.6 Å². The van der Waals surface area contributed by atoms with Gasteiger partial charge in [-0.1, -0.05) is 36.4 Å². The maximum Gasteiger partial charge on any atom is 0.339 e. The van der Waals surface area contributed by atoms with Gasteiger partial charge >= 0.3 is 5.97 Å². The molecule has 1 amide bonds. The molecule has 5 heteroatoms. The van der Waals surface area contributed by atoms with E-state index in [-0.39, 0.29) is 5.91 Å². The predicted molar refractivity (Wildman–Crippen MR) is 86.2 cm³/mol. The Bertz CT molecular complexity index is 670. The van der Waals surface area contributed by atoms with Crippen molar-refractivity contribution in [3.8, 4) is 5.75 Å². The molecule has 1 N–H and O–H groups in total. The van der Waals surface area contributed by atoms with E-state index in [0.29, 0.717) is 17.9 Å². The third kappa shape index (κ3) is 4.85. The lowest BCUT2D eigenvalue weighted by Crippen LogP contribution is -2.35. The summed E-state index contributed by atoms with van der Waals surface area (Å²) < 4.78 is 10.2. The molecule has 0 heterocycles. The van der Waals surface area contributed by atoms with Crippen LogP contribution >= 0.6 is 0 Å². The lowest BCUT2D eigenvalue weighted by molar-refractivity contribution is -0.129. The Balaban J connectivity index is 1.88. The molecule has 0 aliphatic carbocycles. The number of rotatable bonds is 6. The average Bonchev–Trinajstić information content (AvgIpc) is 2.60. The topological polar surface area (TPSA) is 64.6 Å². The minimum atomic E-state index is -0.877. The van der Waals surface area contributed by atoms with E-state index in [4.69, 9.17) is 9.47 Å². The Labute approximate surface area is 135 Å². The van der Waals surface area contributed by atoms with E-state index in [1.165, 1.54) is 7.11 Å². The van der Waals surface area contributed by atoms with Gasteiger partial charge in [0.05, 0.1) is 12.7 Å². The van der Waals surface area contributed by atoms with Crippen LogP contribution in [0.4, 0.5) is 0 Å². The summed E-state index contributed by atoms with van der Waals surface area (Å²) >= 11 is 0. The molecule has 5 nitrogen and oxygen atoms in total. The van der Waals surface area contributed by atoms with E-state index in [2.05, 4.69) is 5.32 Å². The van der Waals surface area contributed by atoms with Crippen molar-refractivity contribution in [1.29, 1.82) is 0 Å². The van der Waals surface area contributed by atoms with E-state index >= 15 is 0 Å². The molecule has 0 saturated carbocycles. The maximum atomic E-state index is 12.0. The van der Waals surface area contributed by atoms with Gasteiger partial charge in [-0.2, -0.15) is 0 Å². The fourth-order valence-corrected chi connectivity index (χ4v) is 1.96. The first-order valence-corrected chi connectivity index (χ1v) is 7.27. The SMILES string of the molecule is COc1cccc(C(=O)O[C@@H](C)C(=O)NCc2ccccc2)c1. The molecule has 0 fully saturated rings. The van der Waals surface area contributed by atoms with Crippen molar-refractivity contribution < 1.29 is 19.1 Å². The van der Waals surface area contributed by atoms with E-state index < -0.39 is 12.1 Å². The van der Waals surface area contributed by atoms with Crippen LogP contribution in [0.15, 0.2) is 54.6 Å². The molecule has 0 aromatic heterocycles. The van der Waals surface area contributed by atoms with Gasteiger partial charge in [0.25, 0.3) is 5.91 Å². The van der Waals surface area contributed by atoms with Gasteiger partial charge in [-0.3, -0.25) is 4.79 Å². The lowest BCUT2D eigenvalue weighted by atomic mass is 10.2. The first kappa shape index (κ1) is 16.5. The molecule has 120 valence electrons. The Morgan fingerprint density at radius 1 is 1.09 bits per heavy atom. The second-order valence-electron chi connectivity index (χ2n) is 4.98. The second kappa shape index (κ2) is 7.98. The van der Waals surface area contributed by atoms with Crippen LogP contribution in [0.25, 0.3) is 0 Å². The summed E-state index contributed by atoms with van der Waals surface area (Å²) in [5.74, 6) is -0.350. The summed E-state index contributed by atoms with van der Waals surface area (Å²) in [7, 11) is 1.52. The molecular weight excluding hydrogens is 294 g/mol. The summed E-state index contributed by atoms with van der Waals surface area (Å²) in [5, 5.41) is 2.74. The number of hydrogen-bond acceptors (Lipinski definition) is 4. The molecule has 2 rings (SSSR count). The Morgan fingerprint density at radius 3 is 2.52 bits per heavy atom. The van der Waals surface area contributed by atoms with Crippen LogP contribution in [0, 0.1) is 0 Å². The van der Waals surface area contributed by atoms with Crippen molar-refractivity contribution in [3.63, 3.8) is 0 Å². The zero-order valence-corrected chi connectivity index (χ0v) is 13.1. The number of carbonyl (C=O) groups is 2. The van der Waals surface area contributed by atoms with Gasteiger partial charge in [-0.25, -0.2) is 4.79 Å². The van der Waals surface area contributed by atoms with Gasteiger partial charge < -0.3 is 14.8 Å². The van der Waals surface area contributed by atoms with Crippen LogP contribution in [0.1, 0.15) is 22.8 Å². The number of carbonyl (C=O) groups excluding carboxylic acids is 2. The molecule has 0 aliphatic heterocycles. The van der Waals surface area contributed by atoms with Gasteiger partial charge in [0, 0.05) is 6.54 Å². The first-order chi connectivity index (χ1) is 11.1. The smallest absolute Gasteiger partial charge is 0.339 e. The Kier molecular flexibility index (Phi) is 5.74. The van der Waals surface area contributed by atoms with Crippen LogP contribution in [0.2, 0.25) is 0 Å². The molecule has 0 aliphatic rings. The summed E-state index contributed by atoms with van der Waals surface area (Å²) in [6.07, 6.45) is -0.877. The molecule has 0 unspecified atom stereocenters. The number of esters is 1. The van der Waals surface area contributed by atoms with E-state index in [9.17, 15) is 9.59 Å². The average molecular weight is 313 g/mol. The fraction of sp³-hybridized carbons (Fsp3) is 0.222. The molecular formula is C18H19NO4. The van der Waals surface area contributed by atoms with Crippen LogP contribution < -0.4 is 10.1 Å². The highest BCUT2D eigenvalue weighted by atomic mass is 16.5. The highest BCUT2D eigenvalue weighted by Crippen LogP contribution is 2.14. The van der Waals surface area contributed by atoms with Crippen molar-refractivity contribution in [2.75, 3.05) is 7.11 Å². The minimum absolute atomic E-state index is 0.340. The van der Waals surface area contributed by atoms with E-state index in [1.807, 2.05) is 30.3 Å². The van der Waals surface area contributed by atoms with Crippen molar-refractivity contribution >= 4 is 11.9 Å². The largest absolute Gasteiger partial charge is 0.497 e. The molecule has 23 heavy (non-hydrogen) atoms. The highest BCUT2D eigenvalue weighted by Gasteiger charge is 2.18. The number of benzene rings is 2. The maximum absolute atomic E-state index is 12.0. The summed E-state index contributed by atoms with van der Waals surface area (Å²) in [5.41, 5.74) is 1.32. The van der Waals surface area contributed by atoms with Gasteiger partial charge in [0.15, 0.2) is 6.10 Å². The number of nitrogens with one attached hydrogen (secondary N) is 1. The van der Waals surface area contributed by atoms with Gasteiger partial charge in [0.1, 0.15) is 5.75 Å². The molecule has 0 radical (unpaired) electrons. The molecule has 0 saturated heterocycles. The van der Waals surface area contributed by atoms with Crippen molar-refractivity contribution in [2.24, 2.45) is 0 Å². The van der Waals surface area contributed by atoms with Gasteiger partial charge in [-0.05, 0) is 30.7 Å². The number of methoxy groups -OCH3 is 1. The van der Waals surface area contributed by atoms with Crippen molar-refractivity contribution in [3.05, 3.63) is 65.7 Å². The Morgan fingerprint density at radius 2 is 1.83 bits per heavy atom. The normalized spacial score (nSPS) is 11.4. The number of hydrogen-bond donors (Lipinski definition) is 1. The lowest BCUT2D eigenvalue weighted by Gasteiger charge is -2.14. The van der Waals surface area contributed by atoms with E-state index in [0.717, 1.165) is 5.56 Å². The zero-order valence-electron chi connectivity index (χ0n) is 13.1. The van der Waals surface area contributed by atoms with Crippen LogP contribution in [0.3, 0.4) is 0 Å². The zero-order chi connectivity index (χ0) is 16.7. The van der Waals surface area contributed by atoms with Gasteiger partial charge in [-0.15, -0.1) is 0 Å². The summed E-state index contributed by atoms with van der Waals surface area (Å²) in [4.78, 5) is 24.0. The number of ether oxygens (including phenoxy) is 2. The molecule has 1 atom stereocenters. The van der Waals surface area contributed by atoms with Gasteiger partial charge in [0.2, 0.25) is 0 Å². The molecule has 0 bridgehead atoms. The summed E-state index contributed by atoms with van der Waals surface area (Å²) in [6.45, 7) is 1.93. The number of amides is 1. The van der Waals surface area contributed by atoms with E-state index in [1.54, 1.807) is 31.2 Å². The standard InChI is InChI=1S/C18H19NO4/c1-13(17(20)19-12-14-7-4-3-5-8-14)23-18(21)15-9-6-10-16(11-15)22-2/h3-11,13H,12H2,1-2H3,(H,19,20)/t13-/m0/s1. The minimum Gasteiger partial charge on any atom is -0.497 e. The monoisotopic (exact) mass is 313 g/mol. The Hall–Kier alpha value is -2.82. The molecule has 2 aromatic carbocycles. The molecule has 2 aromatic rings. The predicted octanol–water partition coefficient (Wildman–Crippen LogP) is 2.56. The first-order valence-electron chi connectivity index (χ1n) is 7.27. The molecule has 0 spiro atoms. The van der Waals surface area contributed by atoms with Crippen LogP contribution in [-0.2, 0) is 16.1 Å². The third-order valence-electron chi connectivity index (χ3n) is 3.27.